The molecule has 2 aliphatic rings. The summed E-state index contributed by atoms with van der Waals surface area (Å²) in [7, 11) is 0. The number of epoxide rings is 1. The minimum Gasteiger partial charge on any atom is -0.371 e. The highest BCUT2D eigenvalue weighted by Crippen LogP contribution is 2.38. The van der Waals surface area contributed by atoms with Gasteiger partial charge in [-0.25, -0.2) is 0 Å². The molecular weight excluding hydrogens is 186 g/mol. The van der Waals surface area contributed by atoms with Crippen molar-refractivity contribution in [2.75, 3.05) is 24.6 Å². The lowest BCUT2D eigenvalue weighted by molar-refractivity contribution is 0.258. The maximum absolute atomic E-state index is 5.52. The van der Waals surface area contributed by atoms with Crippen LogP contribution >= 0.6 is 0 Å². The molecule has 1 spiro atoms. The van der Waals surface area contributed by atoms with Gasteiger partial charge >= 0.3 is 0 Å². The second kappa shape index (κ2) is 3.24. The molecule has 0 atom stereocenters. The van der Waals surface area contributed by atoms with Crippen LogP contribution < -0.4 is 4.90 Å². The van der Waals surface area contributed by atoms with E-state index in [1.54, 1.807) is 0 Å². The predicted octanol–water partition coefficient (Wildman–Crippen LogP) is 2.36. The van der Waals surface area contributed by atoms with Gasteiger partial charge in [0.25, 0.3) is 0 Å². The van der Waals surface area contributed by atoms with Crippen LogP contribution in [0.5, 0.6) is 0 Å². The summed E-state index contributed by atoms with van der Waals surface area (Å²) in [4.78, 5) is 2.47. The van der Waals surface area contributed by atoms with Crippen molar-refractivity contribution in [2.45, 2.75) is 25.4 Å². The first-order chi connectivity index (χ1) is 7.27. The van der Waals surface area contributed by atoms with Gasteiger partial charge in [-0.15, -0.1) is 0 Å². The van der Waals surface area contributed by atoms with Crippen LogP contribution in [0, 0.1) is 6.92 Å². The maximum Gasteiger partial charge on any atom is 0.0950 e. The van der Waals surface area contributed by atoms with Gasteiger partial charge in [-0.1, -0.05) is 12.1 Å². The molecule has 0 radical (unpaired) electrons. The average Bonchev–Trinajstić information content (AvgIpc) is 2.99. The third-order valence-corrected chi connectivity index (χ3v) is 3.59. The molecule has 3 rings (SSSR count). The van der Waals surface area contributed by atoms with E-state index >= 15 is 0 Å². The first-order valence-electron chi connectivity index (χ1n) is 5.73. The zero-order valence-corrected chi connectivity index (χ0v) is 9.20. The number of benzene rings is 1. The van der Waals surface area contributed by atoms with E-state index in [4.69, 9.17) is 4.74 Å². The van der Waals surface area contributed by atoms with Gasteiger partial charge in [0.05, 0.1) is 12.2 Å². The molecule has 2 aliphatic heterocycles. The lowest BCUT2D eigenvalue weighted by Crippen LogP contribution is -2.37. The number of piperidine rings is 1. The van der Waals surface area contributed by atoms with Crippen molar-refractivity contribution in [1.29, 1.82) is 0 Å². The molecule has 0 saturated carbocycles. The van der Waals surface area contributed by atoms with Crippen molar-refractivity contribution < 1.29 is 4.74 Å². The second-order valence-corrected chi connectivity index (χ2v) is 4.80. The Balaban J connectivity index is 1.73. The van der Waals surface area contributed by atoms with E-state index in [1.807, 2.05) is 0 Å². The van der Waals surface area contributed by atoms with E-state index in [1.165, 1.54) is 24.1 Å². The minimum absolute atomic E-state index is 0.292. The molecule has 0 bridgehead atoms. The number of ether oxygens (including phenoxy) is 1. The highest BCUT2D eigenvalue weighted by atomic mass is 16.6. The molecular formula is C13H17NO. The maximum atomic E-state index is 5.52. The van der Waals surface area contributed by atoms with Crippen LogP contribution in [0.4, 0.5) is 5.69 Å². The van der Waals surface area contributed by atoms with Crippen LogP contribution in [0.25, 0.3) is 0 Å². The highest BCUT2D eigenvalue weighted by molar-refractivity contribution is 5.49. The molecule has 0 unspecified atom stereocenters. The van der Waals surface area contributed by atoms with Crippen molar-refractivity contribution in [3.05, 3.63) is 29.8 Å². The standard InChI is InChI=1S/C13H17NO/c1-11-3-2-4-12(9-11)14-7-5-13(6-8-14)10-15-13/h2-4,9H,5-8,10H2,1H3. The van der Waals surface area contributed by atoms with Crippen LogP contribution in [0.1, 0.15) is 18.4 Å². The van der Waals surface area contributed by atoms with Crippen molar-refractivity contribution in [1.82, 2.24) is 0 Å². The second-order valence-electron chi connectivity index (χ2n) is 4.80. The molecule has 0 aromatic heterocycles. The Labute approximate surface area is 90.8 Å². The molecule has 2 heterocycles. The van der Waals surface area contributed by atoms with E-state index in [0.29, 0.717) is 5.60 Å². The Hall–Kier alpha value is -1.02. The third-order valence-electron chi connectivity index (χ3n) is 3.59. The molecule has 0 N–H and O–H groups in total. The van der Waals surface area contributed by atoms with E-state index in [2.05, 4.69) is 36.1 Å². The van der Waals surface area contributed by atoms with Crippen molar-refractivity contribution in [3.63, 3.8) is 0 Å². The molecule has 0 amide bonds. The summed E-state index contributed by atoms with van der Waals surface area (Å²) in [6.07, 6.45) is 2.39. The molecule has 1 aromatic rings. The summed E-state index contributed by atoms with van der Waals surface area (Å²) in [5.41, 5.74) is 3.00. The van der Waals surface area contributed by atoms with E-state index in [9.17, 15) is 0 Å². The summed E-state index contributed by atoms with van der Waals surface area (Å²) in [5.74, 6) is 0. The van der Waals surface area contributed by atoms with Gasteiger partial charge in [0.1, 0.15) is 0 Å². The number of rotatable bonds is 1. The van der Waals surface area contributed by atoms with Crippen molar-refractivity contribution >= 4 is 5.69 Å². The first kappa shape index (κ1) is 9.22. The zero-order chi connectivity index (χ0) is 10.3. The summed E-state index contributed by atoms with van der Waals surface area (Å²) in [5, 5.41) is 0. The third kappa shape index (κ3) is 1.74. The lowest BCUT2D eigenvalue weighted by atomic mass is 9.97. The van der Waals surface area contributed by atoms with Crippen LogP contribution in [-0.2, 0) is 4.74 Å². The van der Waals surface area contributed by atoms with Crippen LogP contribution in [0.15, 0.2) is 24.3 Å². The van der Waals surface area contributed by atoms with E-state index in [-0.39, 0.29) is 0 Å². The Morgan fingerprint density at radius 2 is 2.00 bits per heavy atom. The van der Waals surface area contributed by atoms with Crippen LogP contribution in [0.3, 0.4) is 0 Å². The van der Waals surface area contributed by atoms with Gasteiger partial charge in [0, 0.05) is 18.8 Å². The Morgan fingerprint density at radius 1 is 1.27 bits per heavy atom. The normalized spacial score (nSPS) is 23.1. The molecule has 2 nitrogen and oxygen atoms in total. The van der Waals surface area contributed by atoms with Crippen molar-refractivity contribution in [2.24, 2.45) is 0 Å². The molecule has 0 aliphatic carbocycles. The zero-order valence-electron chi connectivity index (χ0n) is 9.20. The Kier molecular flexibility index (Phi) is 1.99. The summed E-state index contributed by atoms with van der Waals surface area (Å²) in [6.45, 7) is 5.43. The summed E-state index contributed by atoms with van der Waals surface area (Å²) in [6, 6.07) is 8.77. The van der Waals surface area contributed by atoms with Crippen LogP contribution in [0.2, 0.25) is 0 Å². The summed E-state index contributed by atoms with van der Waals surface area (Å²) >= 11 is 0. The van der Waals surface area contributed by atoms with Crippen molar-refractivity contribution in [3.8, 4) is 0 Å². The lowest BCUT2D eigenvalue weighted by Gasteiger charge is -2.32. The fraction of sp³-hybridized carbons (Fsp3) is 0.538. The molecule has 15 heavy (non-hydrogen) atoms. The van der Waals surface area contributed by atoms with Gasteiger partial charge in [0.15, 0.2) is 0 Å². The predicted molar refractivity (Wildman–Crippen MR) is 61.3 cm³/mol. The average molecular weight is 203 g/mol. The minimum atomic E-state index is 0.292. The Morgan fingerprint density at radius 3 is 2.60 bits per heavy atom. The first-order valence-corrected chi connectivity index (χ1v) is 5.73. The molecule has 2 fully saturated rings. The number of anilines is 1. The number of hydrogen-bond acceptors (Lipinski definition) is 2. The SMILES string of the molecule is Cc1cccc(N2CCC3(CC2)CO3)c1. The number of hydrogen-bond donors (Lipinski definition) is 0. The fourth-order valence-electron chi connectivity index (χ4n) is 2.39. The largest absolute Gasteiger partial charge is 0.371 e. The highest BCUT2D eigenvalue weighted by Gasteiger charge is 2.46. The smallest absolute Gasteiger partial charge is 0.0950 e. The van der Waals surface area contributed by atoms with E-state index in [0.717, 1.165) is 19.7 Å². The fourth-order valence-corrected chi connectivity index (χ4v) is 2.39. The Bertz CT molecular complexity index is 361. The molecule has 2 heteroatoms. The monoisotopic (exact) mass is 203 g/mol. The van der Waals surface area contributed by atoms with Gasteiger partial charge in [-0.05, 0) is 37.5 Å². The van der Waals surface area contributed by atoms with E-state index < -0.39 is 0 Å². The quantitative estimate of drug-likeness (QED) is 0.651. The van der Waals surface area contributed by atoms with Gasteiger partial charge in [0.2, 0.25) is 0 Å². The van der Waals surface area contributed by atoms with Gasteiger partial charge in [-0.2, -0.15) is 0 Å². The number of nitrogens with zero attached hydrogens (tertiary/aromatic N) is 1. The van der Waals surface area contributed by atoms with Gasteiger partial charge < -0.3 is 9.64 Å². The molecule has 2 saturated heterocycles. The topological polar surface area (TPSA) is 15.8 Å². The summed E-state index contributed by atoms with van der Waals surface area (Å²) < 4.78 is 5.52. The molecule has 80 valence electrons. The van der Waals surface area contributed by atoms with Gasteiger partial charge in [-0.3, -0.25) is 0 Å². The molecule has 1 aromatic carbocycles. The number of aryl methyl sites for hydroxylation is 1. The van der Waals surface area contributed by atoms with Crippen LogP contribution in [-0.4, -0.2) is 25.3 Å².